The molecule has 19 heavy (non-hydrogen) atoms. The molecular formula is C14H18ClN3S. The van der Waals surface area contributed by atoms with E-state index in [0.29, 0.717) is 0 Å². The smallest absolute Gasteiger partial charge is 0.185 e. The van der Waals surface area contributed by atoms with Gasteiger partial charge in [0.25, 0.3) is 0 Å². The lowest BCUT2D eigenvalue weighted by molar-refractivity contribution is 0.822. The zero-order chi connectivity index (χ0) is 13.8. The molecule has 1 aromatic carbocycles. The Balaban J connectivity index is 2.14. The Hall–Kier alpha value is -1.10. The lowest BCUT2D eigenvalue weighted by Gasteiger charge is -2.16. The second kappa shape index (κ2) is 6.37. The Morgan fingerprint density at radius 2 is 2.11 bits per heavy atom. The summed E-state index contributed by atoms with van der Waals surface area (Å²) in [6, 6.07) is 7.93. The van der Waals surface area contributed by atoms with Gasteiger partial charge in [0.15, 0.2) is 5.13 Å². The highest BCUT2D eigenvalue weighted by Crippen LogP contribution is 2.27. The van der Waals surface area contributed by atoms with Crippen LogP contribution in [-0.2, 0) is 13.1 Å². The molecule has 0 aliphatic rings. The van der Waals surface area contributed by atoms with E-state index in [4.69, 9.17) is 11.6 Å². The van der Waals surface area contributed by atoms with Crippen LogP contribution in [0.4, 0.5) is 5.13 Å². The predicted molar refractivity (Wildman–Crippen MR) is 83.2 cm³/mol. The molecule has 0 fully saturated rings. The van der Waals surface area contributed by atoms with E-state index in [1.165, 1.54) is 4.88 Å². The number of rotatable bonds is 5. The van der Waals surface area contributed by atoms with Crippen LogP contribution in [0.5, 0.6) is 0 Å². The molecule has 0 aliphatic heterocycles. The molecule has 0 saturated heterocycles. The summed E-state index contributed by atoms with van der Waals surface area (Å²) >= 11 is 7.91. The predicted octanol–water partition coefficient (Wildman–Crippen LogP) is 3.46. The van der Waals surface area contributed by atoms with Crippen LogP contribution in [0.3, 0.4) is 0 Å². The average Bonchev–Trinajstić information content (AvgIpc) is 2.75. The van der Waals surface area contributed by atoms with Gasteiger partial charge in [0, 0.05) is 30.0 Å². The summed E-state index contributed by atoms with van der Waals surface area (Å²) in [4.78, 5) is 8.03. The molecule has 0 saturated carbocycles. The maximum atomic E-state index is 6.19. The molecule has 0 atom stereocenters. The Labute approximate surface area is 123 Å². The largest absolute Gasteiger partial charge is 0.347 e. The summed E-state index contributed by atoms with van der Waals surface area (Å²) in [5.41, 5.74) is 2.22. The van der Waals surface area contributed by atoms with Crippen molar-refractivity contribution in [3.8, 4) is 0 Å². The minimum atomic E-state index is 0.769. The highest BCUT2D eigenvalue weighted by Gasteiger charge is 2.12. The lowest BCUT2D eigenvalue weighted by atomic mass is 10.2. The quantitative estimate of drug-likeness (QED) is 0.915. The van der Waals surface area contributed by atoms with E-state index in [2.05, 4.69) is 22.1 Å². The first kappa shape index (κ1) is 14.3. The van der Waals surface area contributed by atoms with Crippen molar-refractivity contribution in [3.05, 3.63) is 45.4 Å². The van der Waals surface area contributed by atoms with Crippen LogP contribution in [0.25, 0.3) is 0 Å². The molecule has 0 spiro atoms. The van der Waals surface area contributed by atoms with Gasteiger partial charge in [-0.2, -0.15) is 0 Å². The number of benzene rings is 1. The molecule has 1 heterocycles. The lowest BCUT2D eigenvalue weighted by Crippen LogP contribution is -2.16. The van der Waals surface area contributed by atoms with Crippen LogP contribution >= 0.6 is 22.9 Å². The standard InChI is InChI=1S/C14H18ClN3S/c1-10-13(8-16-2)19-14(17-10)18(3)9-11-6-4-5-7-12(11)15/h4-7,16H,8-9H2,1-3H3. The molecule has 3 nitrogen and oxygen atoms in total. The molecule has 0 amide bonds. The molecule has 0 radical (unpaired) electrons. The summed E-state index contributed by atoms with van der Waals surface area (Å²) < 4.78 is 0. The van der Waals surface area contributed by atoms with Crippen molar-refractivity contribution >= 4 is 28.1 Å². The monoisotopic (exact) mass is 295 g/mol. The number of aromatic nitrogens is 1. The number of aryl methyl sites for hydroxylation is 1. The van der Waals surface area contributed by atoms with Crippen LogP contribution in [0.1, 0.15) is 16.1 Å². The van der Waals surface area contributed by atoms with Gasteiger partial charge in [0.05, 0.1) is 5.69 Å². The highest BCUT2D eigenvalue weighted by atomic mass is 35.5. The van der Waals surface area contributed by atoms with Crippen molar-refractivity contribution in [1.82, 2.24) is 10.3 Å². The second-order valence-corrected chi connectivity index (χ2v) is 5.95. The molecule has 1 N–H and O–H groups in total. The van der Waals surface area contributed by atoms with E-state index >= 15 is 0 Å². The van der Waals surface area contributed by atoms with Gasteiger partial charge >= 0.3 is 0 Å². The van der Waals surface area contributed by atoms with E-state index in [9.17, 15) is 0 Å². The van der Waals surface area contributed by atoms with Crippen LogP contribution in [0, 0.1) is 6.92 Å². The second-order valence-electron chi connectivity index (χ2n) is 4.48. The maximum absolute atomic E-state index is 6.19. The normalized spacial score (nSPS) is 10.7. The Morgan fingerprint density at radius 1 is 1.37 bits per heavy atom. The SMILES string of the molecule is CNCc1sc(N(C)Cc2ccccc2Cl)nc1C. The first-order valence-electron chi connectivity index (χ1n) is 6.17. The van der Waals surface area contributed by atoms with Crippen molar-refractivity contribution < 1.29 is 0 Å². The van der Waals surface area contributed by atoms with Gasteiger partial charge in [-0.15, -0.1) is 11.3 Å². The van der Waals surface area contributed by atoms with E-state index in [1.807, 2.05) is 38.4 Å². The Bertz CT molecular complexity index is 553. The molecule has 0 aliphatic carbocycles. The third-order valence-corrected chi connectivity index (χ3v) is 4.55. The number of nitrogens with one attached hydrogen (secondary N) is 1. The molecule has 0 unspecified atom stereocenters. The molecule has 1 aromatic heterocycles. The average molecular weight is 296 g/mol. The summed E-state index contributed by atoms with van der Waals surface area (Å²) in [6.45, 7) is 3.69. The number of anilines is 1. The first-order chi connectivity index (χ1) is 9.11. The van der Waals surface area contributed by atoms with Gasteiger partial charge in [0.2, 0.25) is 0 Å². The van der Waals surface area contributed by atoms with Crippen LogP contribution in [-0.4, -0.2) is 19.1 Å². The summed E-state index contributed by atoms with van der Waals surface area (Å²) in [6.07, 6.45) is 0. The highest BCUT2D eigenvalue weighted by molar-refractivity contribution is 7.15. The van der Waals surface area contributed by atoms with Crippen molar-refractivity contribution in [2.24, 2.45) is 0 Å². The van der Waals surface area contributed by atoms with Gasteiger partial charge in [-0.25, -0.2) is 4.98 Å². The topological polar surface area (TPSA) is 28.2 Å². The van der Waals surface area contributed by atoms with Crippen LogP contribution < -0.4 is 10.2 Å². The van der Waals surface area contributed by atoms with Gasteiger partial charge in [-0.3, -0.25) is 0 Å². The van der Waals surface area contributed by atoms with Gasteiger partial charge in [-0.05, 0) is 25.6 Å². The molecular weight excluding hydrogens is 278 g/mol. The van der Waals surface area contributed by atoms with Crippen LogP contribution in [0.2, 0.25) is 5.02 Å². The third-order valence-electron chi connectivity index (χ3n) is 2.91. The van der Waals surface area contributed by atoms with Gasteiger partial charge < -0.3 is 10.2 Å². The number of nitrogens with zero attached hydrogens (tertiary/aromatic N) is 2. The maximum Gasteiger partial charge on any atom is 0.185 e. The fourth-order valence-electron chi connectivity index (χ4n) is 1.85. The zero-order valence-corrected chi connectivity index (χ0v) is 13.0. The zero-order valence-electron chi connectivity index (χ0n) is 11.4. The number of halogens is 1. The van der Waals surface area contributed by atoms with E-state index in [0.717, 1.165) is 34.5 Å². The van der Waals surface area contributed by atoms with E-state index < -0.39 is 0 Å². The third kappa shape index (κ3) is 3.47. The van der Waals surface area contributed by atoms with Crippen molar-refractivity contribution in [2.45, 2.75) is 20.0 Å². The fraction of sp³-hybridized carbons (Fsp3) is 0.357. The van der Waals surface area contributed by atoms with Crippen molar-refractivity contribution in [2.75, 3.05) is 19.0 Å². The van der Waals surface area contributed by atoms with Gasteiger partial charge in [0.1, 0.15) is 0 Å². The minimum Gasteiger partial charge on any atom is -0.347 e. The summed E-state index contributed by atoms with van der Waals surface area (Å²) in [5.74, 6) is 0. The summed E-state index contributed by atoms with van der Waals surface area (Å²) in [7, 11) is 4.00. The number of thiazole rings is 1. The fourth-order valence-corrected chi connectivity index (χ4v) is 3.08. The van der Waals surface area contributed by atoms with Gasteiger partial charge in [-0.1, -0.05) is 29.8 Å². The number of hydrogen-bond donors (Lipinski definition) is 1. The molecule has 5 heteroatoms. The Morgan fingerprint density at radius 3 is 2.79 bits per heavy atom. The summed E-state index contributed by atoms with van der Waals surface area (Å²) in [5, 5.41) is 5.00. The minimum absolute atomic E-state index is 0.769. The van der Waals surface area contributed by atoms with Crippen molar-refractivity contribution in [1.29, 1.82) is 0 Å². The van der Waals surface area contributed by atoms with E-state index in [1.54, 1.807) is 11.3 Å². The molecule has 2 aromatic rings. The first-order valence-corrected chi connectivity index (χ1v) is 7.36. The van der Waals surface area contributed by atoms with Crippen molar-refractivity contribution in [3.63, 3.8) is 0 Å². The Kier molecular flexibility index (Phi) is 4.80. The molecule has 0 bridgehead atoms. The van der Waals surface area contributed by atoms with E-state index in [-0.39, 0.29) is 0 Å². The molecule has 102 valence electrons. The molecule has 2 rings (SSSR count). The van der Waals surface area contributed by atoms with Crippen LogP contribution in [0.15, 0.2) is 24.3 Å². The number of hydrogen-bond acceptors (Lipinski definition) is 4.